The normalized spacial score (nSPS) is 12.3. The lowest BCUT2D eigenvalue weighted by atomic mass is 10.1. The Morgan fingerprint density at radius 2 is 1.89 bits per heavy atom. The smallest absolute Gasteiger partial charge is 0.115 e. The molecule has 2 nitrogen and oxygen atoms in total. The summed E-state index contributed by atoms with van der Waals surface area (Å²) in [6.45, 7) is 2.98. The second-order valence-corrected chi connectivity index (χ2v) is 5.08. The number of hydrogen-bond donors (Lipinski definition) is 2. The number of halogens is 1. The molecular weight excluding hydrogens is 258 g/mol. The predicted molar refractivity (Wildman–Crippen MR) is 79.7 cm³/mol. The van der Waals surface area contributed by atoms with Gasteiger partial charge in [-0.25, -0.2) is 0 Å². The molecule has 0 aliphatic carbocycles. The average Bonchev–Trinajstić information content (AvgIpc) is 2.41. The summed E-state index contributed by atoms with van der Waals surface area (Å²) in [5, 5.41) is 13.7. The molecule has 0 bridgehead atoms. The molecule has 2 rings (SSSR count). The van der Waals surface area contributed by atoms with Crippen molar-refractivity contribution in [2.45, 2.75) is 19.4 Å². The van der Waals surface area contributed by atoms with Gasteiger partial charge in [0, 0.05) is 11.1 Å². The number of rotatable bonds is 5. The first-order chi connectivity index (χ1) is 9.15. The van der Waals surface area contributed by atoms with Crippen molar-refractivity contribution >= 4 is 11.6 Å². The van der Waals surface area contributed by atoms with E-state index in [0.29, 0.717) is 5.75 Å². The first-order valence-corrected chi connectivity index (χ1v) is 6.80. The highest BCUT2D eigenvalue weighted by atomic mass is 35.5. The van der Waals surface area contributed by atoms with Gasteiger partial charge in [0.2, 0.25) is 0 Å². The van der Waals surface area contributed by atoms with Crippen LogP contribution in [0.3, 0.4) is 0 Å². The highest BCUT2D eigenvalue weighted by Crippen LogP contribution is 2.17. The molecule has 100 valence electrons. The summed E-state index contributed by atoms with van der Waals surface area (Å²) < 4.78 is 0. The van der Waals surface area contributed by atoms with Crippen LogP contribution in [-0.2, 0) is 6.42 Å². The summed E-state index contributed by atoms with van der Waals surface area (Å²) >= 11 is 5.85. The topological polar surface area (TPSA) is 32.3 Å². The predicted octanol–water partition coefficient (Wildman–Crippen LogP) is 3.94. The fourth-order valence-electron chi connectivity index (χ4n) is 2.00. The molecule has 0 saturated heterocycles. The molecule has 0 amide bonds. The van der Waals surface area contributed by atoms with Gasteiger partial charge < -0.3 is 10.4 Å². The zero-order valence-electron chi connectivity index (χ0n) is 10.9. The van der Waals surface area contributed by atoms with Crippen LogP contribution in [0, 0.1) is 0 Å². The zero-order chi connectivity index (χ0) is 13.7. The van der Waals surface area contributed by atoms with E-state index in [1.54, 1.807) is 12.1 Å². The van der Waals surface area contributed by atoms with Crippen LogP contribution in [-0.4, -0.2) is 11.7 Å². The maximum absolute atomic E-state index is 9.45. The van der Waals surface area contributed by atoms with E-state index in [4.69, 9.17) is 11.6 Å². The van der Waals surface area contributed by atoms with Crippen LogP contribution in [0.25, 0.3) is 0 Å². The van der Waals surface area contributed by atoms with Crippen molar-refractivity contribution in [3.63, 3.8) is 0 Å². The fraction of sp³-hybridized carbons (Fsp3) is 0.250. The highest BCUT2D eigenvalue weighted by molar-refractivity contribution is 6.30. The zero-order valence-corrected chi connectivity index (χ0v) is 11.7. The lowest BCUT2D eigenvalue weighted by Crippen LogP contribution is -2.21. The van der Waals surface area contributed by atoms with Crippen LogP contribution in [0.4, 0.5) is 0 Å². The lowest BCUT2D eigenvalue weighted by molar-refractivity contribution is 0.472. The first kappa shape index (κ1) is 13.9. The largest absolute Gasteiger partial charge is 0.508 e. The van der Waals surface area contributed by atoms with Crippen molar-refractivity contribution in [3.8, 4) is 5.75 Å². The van der Waals surface area contributed by atoms with Gasteiger partial charge in [-0.2, -0.15) is 0 Å². The van der Waals surface area contributed by atoms with Crippen LogP contribution >= 0.6 is 11.6 Å². The number of benzene rings is 2. The minimum atomic E-state index is 0.222. The molecule has 1 atom stereocenters. The van der Waals surface area contributed by atoms with E-state index in [1.807, 2.05) is 36.4 Å². The molecule has 2 aromatic rings. The molecule has 0 saturated carbocycles. The molecule has 0 aliphatic rings. The third kappa shape index (κ3) is 4.27. The summed E-state index contributed by atoms with van der Waals surface area (Å²) in [6.07, 6.45) is 0.959. The minimum Gasteiger partial charge on any atom is -0.508 e. The number of nitrogens with one attached hydrogen (secondary N) is 1. The Morgan fingerprint density at radius 3 is 2.58 bits per heavy atom. The van der Waals surface area contributed by atoms with Gasteiger partial charge in [-0.05, 0) is 55.3 Å². The van der Waals surface area contributed by atoms with Gasteiger partial charge in [0.1, 0.15) is 5.75 Å². The van der Waals surface area contributed by atoms with Gasteiger partial charge in [0.05, 0.1) is 0 Å². The molecule has 0 spiro atoms. The summed E-state index contributed by atoms with van der Waals surface area (Å²) in [5.41, 5.74) is 2.36. The maximum Gasteiger partial charge on any atom is 0.115 e. The van der Waals surface area contributed by atoms with Crippen LogP contribution in [0.1, 0.15) is 24.1 Å². The fourth-order valence-corrected chi connectivity index (χ4v) is 2.12. The third-order valence-electron chi connectivity index (χ3n) is 3.15. The Labute approximate surface area is 119 Å². The van der Waals surface area contributed by atoms with Gasteiger partial charge in [-0.15, -0.1) is 0 Å². The van der Waals surface area contributed by atoms with Gasteiger partial charge in [-0.3, -0.25) is 0 Å². The molecule has 2 N–H and O–H groups in total. The lowest BCUT2D eigenvalue weighted by Gasteiger charge is -2.14. The number of aromatic hydroxyl groups is 1. The summed E-state index contributed by atoms with van der Waals surface area (Å²) in [7, 11) is 0. The van der Waals surface area contributed by atoms with E-state index in [1.165, 1.54) is 5.56 Å². The number of phenols is 1. The molecule has 0 aliphatic heterocycles. The average molecular weight is 276 g/mol. The molecule has 0 radical (unpaired) electrons. The number of phenolic OH excluding ortho intramolecular Hbond substituents is 1. The Morgan fingerprint density at radius 1 is 1.16 bits per heavy atom. The van der Waals surface area contributed by atoms with Crippen molar-refractivity contribution < 1.29 is 5.11 Å². The Bertz CT molecular complexity index is 525. The quantitative estimate of drug-likeness (QED) is 0.866. The molecule has 0 fully saturated rings. The number of hydrogen-bond acceptors (Lipinski definition) is 2. The molecule has 3 heteroatoms. The second kappa shape index (κ2) is 6.60. The van der Waals surface area contributed by atoms with Crippen molar-refractivity contribution in [2.75, 3.05) is 6.54 Å². The Hall–Kier alpha value is -1.51. The van der Waals surface area contributed by atoms with E-state index in [9.17, 15) is 5.11 Å². The SMILES string of the molecule is CC(NCCc1ccc(Cl)cc1)c1cccc(O)c1. The van der Waals surface area contributed by atoms with Crippen LogP contribution in [0.2, 0.25) is 5.02 Å². The Kier molecular flexibility index (Phi) is 4.83. The molecule has 0 aromatic heterocycles. The second-order valence-electron chi connectivity index (χ2n) is 4.65. The van der Waals surface area contributed by atoms with Crippen LogP contribution in [0.15, 0.2) is 48.5 Å². The van der Waals surface area contributed by atoms with Crippen molar-refractivity contribution in [3.05, 3.63) is 64.7 Å². The minimum absolute atomic E-state index is 0.222. The summed E-state index contributed by atoms with van der Waals surface area (Å²) in [5.74, 6) is 0.309. The third-order valence-corrected chi connectivity index (χ3v) is 3.40. The van der Waals surface area contributed by atoms with Gasteiger partial charge >= 0.3 is 0 Å². The highest BCUT2D eigenvalue weighted by Gasteiger charge is 2.04. The standard InChI is InChI=1S/C16H18ClNO/c1-12(14-3-2-4-16(19)11-14)18-10-9-13-5-7-15(17)8-6-13/h2-8,11-12,18-19H,9-10H2,1H3. The molecule has 1 unspecified atom stereocenters. The van der Waals surface area contributed by atoms with E-state index >= 15 is 0 Å². The van der Waals surface area contributed by atoms with Gasteiger partial charge in [0.15, 0.2) is 0 Å². The maximum atomic E-state index is 9.45. The van der Waals surface area contributed by atoms with Crippen LogP contribution in [0.5, 0.6) is 5.75 Å². The molecular formula is C16H18ClNO. The van der Waals surface area contributed by atoms with E-state index < -0.39 is 0 Å². The monoisotopic (exact) mass is 275 g/mol. The Balaban J connectivity index is 1.84. The molecule has 2 aromatic carbocycles. The van der Waals surface area contributed by atoms with Crippen molar-refractivity contribution in [1.29, 1.82) is 0 Å². The first-order valence-electron chi connectivity index (χ1n) is 6.42. The van der Waals surface area contributed by atoms with Crippen molar-refractivity contribution in [2.24, 2.45) is 0 Å². The summed E-state index contributed by atoms with van der Waals surface area (Å²) in [4.78, 5) is 0. The van der Waals surface area contributed by atoms with Crippen molar-refractivity contribution in [1.82, 2.24) is 5.32 Å². The van der Waals surface area contributed by atoms with Gasteiger partial charge in [-0.1, -0.05) is 35.9 Å². The summed E-state index contributed by atoms with van der Waals surface area (Å²) in [6, 6.07) is 15.5. The van der Waals surface area contributed by atoms with Gasteiger partial charge in [0.25, 0.3) is 0 Å². The van der Waals surface area contributed by atoms with E-state index in [-0.39, 0.29) is 6.04 Å². The van der Waals surface area contributed by atoms with E-state index in [2.05, 4.69) is 12.2 Å². The van der Waals surface area contributed by atoms with E-state index in [0.717, 1.165) is 23.6 Å². The molecule has 19 heavy (non-hydrogen) atoms. The van der Waals surface area contributed by atoms with Crippen LogP contribution < -0.4 is 5.32 Å². The molecule has 0 heterocycles.